The van der Waals surface area contributed by atoms with Crippen LogP contribution in [0.4, 0.5) is 0 Å². The third kappa shape index (κ3) is 1.13. The summed E-state index contributed by atoms with van der Waals surface area (Å²) in [6.45, 7) is 0. The Morgan fingerprint density at radius 3 is 2.93 bits per heavy atom. The summed E-state index contributed by atoms with van der Waals surface area (Å²) in [7, 11) is 0. The van der Waals surface area contributed by atoms with Crippen LogP contribution in [-0.2, 0) is 0 Å². The van der Waals surface area contributed by atoms with Crippen molar-refractivity contribution in [3.63, 3.8) is 0 Å². The number of H-pyrrole nitrogens is 1. The van der Waals surface area contributed by atoms with Gasteiger partial charge in [-0.15, -0.1) is 0 Å². The molecule has 3 heteroatoms. The molecule has 3 aromatic rings. The largest absolute Gasteiger partial charge is 0.360 e. The van der Waals surface area contributed by atoms with E-state index >= 15 is 0 Å². The topological polar surface area (TPSA) is 45.8 Å². The predicted octanol–water partition coefficient (Wildman–Crippen LogP) is 2.08. The molecule has 15 heavy (non-hydrogen) atoms. The van der Waals surface area contributed by atoms with Crippen molar-refractivity contribution in [2.24, 2.45) is 0 Å². The number of aromatic nitrogens is 2. The Morgan fingerprint density at radius 1 is 1.13 bits per heavy atom. The maximum Gasteiger partial charge on any atom is 0.190 e. The minimum atomic E-state index is 0.0300. The first-order valence-corrected chi connectivity index (χ1v) is 4.71. The molecule has 3 nitrogen and oxygen atoms in total. The van der Waals surface area contributed by atoms with E-state index in [-0.39, 0.29) is 5.43 Å². The lowest BCUT2D eigenvalue weighted by Crippen LogP contribution is -2.01. The Bertz CT molecular complexity index is 700. The number of benzene rings is 1. The van der Waals surface area contributed by atoms with Crippen LogP contribution in [-0.4, -0.2) is 9.97 Å². The van der Waals surface area contributed by atoms with E-state index in [1.807, 2.05) is 24.3 Å². The van der Waals surface area contributed by atoms with Gasteiger partial charge in [-0.2, -0.15) is 0 Å². The molecule has 2 aromatic heterocycles. The average molecular weight is 196 g/mol. The van der Waals surface area contributed by atoms with Crippen molar-refractivity contribution in [1.29, 1.82) is 0 Å². The molecule has 0 bridgehead atoms. The van der Waals surface area contributed by atoms with Crippen LogP contribution in [0.2, 0.25) is 0 Å². The molecule has 0 saturated heterocycles. The zero-order valence-electron chi connectivity index (χ0n) is 7.90. The zero-order chi connectivity index (χ0) is 10.3. The SMILES string of the molecule is O=c1cc[nH]c2cnc3ccccc3c12. The fourth-order valence-electron chi connectivity index (χ4n) is 1.81. The third-order valence-corrected chi connectivity index (χ3v) is 2.50. The van der Waals surface area contributed by atoms with Crippen LogP contribution in [0, 0.1) is 0 Å². The van der Waals surface area contributed by atoms with Gasteiger partial charge in [0.05, 0.1) is 22.6 Å². The maximum atomic E-state index is 11.7. The summed E-state index contributed by atoms with van der Waals surface area (Å²) < 4.78 is 0. The van der Waals surface area contributed by atoms with Gasteiger partial charge in [0.15, 0.2) is 5.43 Å². The van der Waals surface area contributed by atoms with Crippen molar-refractivity contribution < 1.29 is 0 Å². The Hall–Kier alpha value is -2.16. The highest BCUT2D eigenvalue weighted by molar-refractivity contribution is 6.03. The second-order valence-corrected chi connectivity index (χ2v) is 3.41. The molecule has 0 aliphatic heterocycles. The van der Waals surface area contributed by atoms with E-state index in [0.29, 0.717) is 5.39 Å². The van der Waals surface area contributed by atoms with E-state index in [4.69, 9.17) is 0 Å². The minimum Gasteiger partial charge on any atom is -0.360 e. The summed E-state index contributed by atoms with van der Waals surface area (Å²) in [6, 6.07) is 9.18. The molecule has 0 aliphatic carbocycles. The van der Waals surface area contributed by atoms with Crippen LogP contribution >= 0.6 is 0 Å². The number of fused-ring (bicyclic) bond motifs is 3. The zero-order valence-corrected chi connectivity index (χ0v) is 7.90. The van der Waals surface area contributed by atoms with Gasteiger partial charge in [0, 0.05) is 17.6 Å². The fourth-order valence-corrected chi connectivity index (χ4v) is 1.81. The standard InChI is InChI=1S/C12H8N2O/c15-11-5-6-13-10-7-14-9-4-2-1-3-8(9)12(10)11/h1-7H,(H,13,15). The summed E-state index contributed by atoms with van der Waals surface area (Å²) >= 11 is 0. The molecule has 0 spiro atoms. The molecule has 1 N–H and O–H groups in total. The van der Waals surface area contributed by atoms with Crippen molar-refractivity contribution in [3.05, 3.63) is 52.9 Å². The first-order valence-electron chi connectivity index (χ1n) is 4.71. The van der Waals surface area contributed by atoms with E-state index in [1.54, 1.807) is 12.4 Å². The third-order valence-electron chi connectivity index (χ3n) is 2.50. The van der Waals surface area contributed by atoms with E-state index in [1.165, 1.54) is 6.07 Å². The van der Waals surface area contributed by atoms with Crippen LogP contribution in [0.5, 0.6) is 0 Å². The molecule has 0 atom stereocenters. The number of hydrogen-bond donors (Lipinski definition) is 1. The second kappa shape index (κ2) is 2.92. The number of hydrogen-bond acceptors (Lipinski definition) is 2. The first-order chi connectivity index (χ1) is 7.36. The maximum absolute atomic E-state index is 11.7. The van der Waals surface area contributed by atoms with Crippen LogP contribution in [0.25, 0.3) is 21.8 Å². The number of pyridine rings is 2. The number of para-hydroxylation sites is 1. The molecule has 0 amide bonds. The quantitative estimate of drug-likeness (QED) is 0.559. The highest BCUT2D eigenvalue weighted by Crippen LogP contribution is 2.18. The minimum absolute atomic E-state index is 0.0300. The van der Waals surface area contributed by atoms with E-state index < -0.39 is 0 Å². The highest BCUT2D eigenvalue weighted by atomic mass is 16.1. The normalized spacial score (nSPS) is 10.9. The molecule has 3 rings (SSSR count). The van der Waals surface area contributed by atoms with Crippen LogP contribution < -0.4 is 5.43 Å². The van der Waals surface area contributed by atoms with Gasteiger partial charge in [0.2, 0.25) is 0 Å². The van der Waals surface area contributed by atoms with Crippen LogP contribution in [0.1, 0.15) is 0 Å². The molecule has 1 aromatic carbocycles. The van der Waals surface area contributed by atoms with Crippen LogP contribution in [0.15, 0.2) is 47.5 Å². The van der Waals surface area contributed by atoms with Crippen molar-refractivity contribution in [1.82, 2.24) is 9.97 Å². The van der Waals surface area contributed by atoms with Crippen LogP contribution in [0.3, 0.4) is 0 Å². The van der Waals surface area contributed by atoms with Gasteiger partial charge in [0.25, 0.3) is 0 Å². The van der Waals surface area contributed by atoms with E-state index in [0.717, 1.165) is 16.4 Å². The van der Waals surface area contributed by atoms with Crippen molar-refractivity contribution >= 4 is 21.8 Å². The van der Waals surface area contributed by atoms with Gasteiger partial charge >= 0.3 is 0 Å². The lowest BCUT2D eigenvalue weighted by molar-refractivity contribution is 1.34. The fraction of sp³-hybridized carbons (Fsp3) is 0. The Kier molecular flexibility index (Phi) is 1.59. The molecular formula is C12H8N2O. The van der Waals surface area contributed by atoms with Gasteiger partial charge in [0.1, 0.15) is 0 Å². The van der Waals surface area contributed by atoms with Gasteiger partial charge in [-0.3, -0.25) is 9.78 Å². The molecule has 0 fully saturated rings. The summed E-state index contributed by atoms with van der Waals surface area (Å²) in [4.78, 5) is 19.0. The number of nitrogens with one attached hydrogen (secondary N) is 1. The molecule has 2 heterocycles. The number of aromatic amines is 1. The lowest BCUT2D eigenvalue weighted by atomic mass is 10.1. The van der Waals surface area contributed by atoms with Crippen molar-refractivity contribution in [3.8, 4) is 0 Å². The van der Waals surface area contributed by atoms with Crippen molar-refractivity contribution in [2.75, 3.05) is 0 Å². The molecule has 0 unspecified atom stereocenters. The van der Waals surface area contributed by atoms with Gasteiger partial charge in [-0.05, 0) is 6.07 Å². The van der Waals surface area contributed by atoms with E-state index in [2.05, 4.69) is 9.97 Å². The Morgan fingerprint density at radius 2 is 2.00 bits per heavy atom. The summed E-state index contributed by atoms with van der Waals surface area (Å²) in [5, 5.41) is 1.61. The smallest absolute Gasteiger partial charge is 0.190 e. The summed E-state index contributed by atoms with van der Waals surface area (Å²) in [5.41, 5.74) is 1.66. The molecule has 0 radical (unpaired) electrons. The molecular weight excluding hydrogens is 188 g/mol. The Balaban J connectivity index is 2.70. The summed E-state index contributed by atoms with van der Waals surface area (Å²) in [5.74, 6) is 0. The molecule has 0 aliphatic rings. The van der Waals surface area contributed by atoms with Crippen molar-refractivity contribution in [2.45, 2.75) is 0 Å². The molecule has 0 saturated carbocycles. The number of nitrogens with zero attached hydrogens (tertiary/aromatic N) is 1. The monoisotopic (exact) mass is 196 g/mol. The van der Waals surface area contributed by atoms with E-state index in [9.17, 15) is 4.79 Å². The predicted molar refractivity (Wildman–Crippen MR) is 59.9 cm³/mol. The summed E-state index contributed by atoms with van der Waals surface area (Å²) in [6.07, 6.45) is 3.33. The van der Waals surface area contributed by atoms with Gasteiger partial charge in [-0.1, -0.05) is 18.2 Å². The van der Waals surface area contributed by atoms with Gasteiger partial charge in [-0.25, -0.2) is 0 Å². The Labute approximate surface area is 85.4 Å². The average Bonchev–Trinajstić information content (AvgIpc) is 2.29. The highest BCUT2D eigenvalue weighted by Gasteiger charge is 2.03. The molecule has 72 valence electrons. The van der Waals surface area contributed by atoms with Gasteiger partial charge < -0.3 is 4.98 Å². The lowest BCUT2D eigenvalue weighted by Gasteiger charge is -2.00. The number of rotatable bonds is 0. The first kappa shape index (κ1) is 8.17. The second-order valence-electron chi connectivity index (χ2n) is 3.41.